The van der Waals surface area contributed by atoms with Crippen LogP contribution in [0.4, 0.5) is 4.79 Å². The number of rotatable bonds is 4. The molecule has 1 aromatic heterocycles. The molecule has 0 fully saturated rings. The monoisotopic (exact) mass is 323 g/mol. The molecule has 1 atom stereocenters. The minimum atomic E-state index is -0.643. The van der Waals surface area contributed by atoms with Gasteiger partial charge in [-0.05, 0) is 26.3 Å². The molecule has 128 valence electrons. The van der Waals surface area contributed by atoms with Gasteiger partial charge in [-0.25, -0.2) is 9.59 Å². The van der Waals surface area contributed by atoms with Crippen molar-refractivity contribution in [3.63, 3.8) is 0 Å². The molecule has 1 unspecified atom stereocenters. The summed E-state index contributed by atoms with van der Waals surface area (Å²) in [4.78, 5) is 39.6. The van der Waals surface area contributed by atoms with Gasteiger partial charge in [0.2, 0.25) is 0 Å². The highest BCUT2D eigenvalue weighted by Gasteiger charge is 2.31. The molecule has 0 aromatic carbocycles. The molecular formula is C16H25N3O4. The van der Waals surface area contributed by atoms with E-state index in [2.05, 4.69) is 0 Å². The highest BCUT2D eigenvalue weighted by atomic mass is 16.5. The smallest absolute Gasteiger partial charge is 0.354 e. The summed E-state index contributed by atoms with van der Waals surface area (Å²) in [6.07, 6.45) is 0. The number of hydrogen-bond acceptors (Lipinski definition) is 4. The molecule has 2 amide bonds. The standard InChI is InChI=1S/C16H25N3O4/c1-9-12(10(2)18(6)13(9)15(21)23-8)14(20)11(3)19(7)16(22)17(4)5/h11H,1-8H3. The molecule has 0 aliphatic heterocycles. The van der Waals surface area contributed by atoms with Gasteiger partial charge in [0.25, 0.3) is 0 Å². The zero-order chi connectivity index (χ0) is 18.1. The minimum absolute atomic E-state index is 0.205. The SMILES string of the molecule is COC(=O)c1c(C)c(C(=O)C(C)N(C)C(=O)N(C)C)c(C)n1C. The molecular weight excluding hydrogens is 298 g/mol. The minimum Gasteiger partial charge on any atom is -0.464 e. The third kappa shape index (κ3) is 3.23. The van der Waals surface area contributed by atoms with E-state index in [4.69, 9.17) is 4.74 Å². The number of urea groups is 1. The van der Waals surface area contributed by atoms with Crippen LogP contribution < -0.4 is 0 Å². The Morgan fingerprint density at radius 1 is 1.13 bits per heavy atom. The van der Waals surface area contributed by atoms with Crippen LogP contribution in [0.3, 0.4) is 0 Å². The lowest BCUT2D eigenvalue weighted by Gasteiger charge is -2.27. The molecule has 1 heterocycles. The molecule has 7 heteroatoms. The van der Waals surface area contributed by atoms with E-state index in [0.717, 1.165) is 0 Å². The number of ketones is 1. The van der Waals surface area contributed by atoms with Crippen LogP contribution in [0.2, 0.25) is 0 Å². The molecule has 0 bridgehead atoms. The number of carbonyl (C=O) groups excluding carboxylic acids is 3. The van der Waals surface area contributed by atoms with Crippen molar-refractivity contribution in [3.05, 3.63) is 22.5 Å². The van der Waals surface area contributed by atoms with Gasteiger partial charge < -0.3 is 19.1 Å². The molecule has 7 nitrogen and oxygen atoms in total. The Kier molecular flexibility index (Phi) is 5.58. The van der Waals surface area contributed by atoms with Crippen molar-refractivity contribution in [1.82, 2.24) is 14.4 Å². The first kappa shape index (κ1) is 18.7. The number of amides is 2. The Morgan fingerprint density at radius 2 is 1.65 bits per heavy atom. The summed E-state index contributed by atoms with van der Waals surface area (Å²) < 4.78 is 6.43. The van der Waals surface area contributed by atoms with Gasteiger partial charge in [-0.1, -0.05) is 0 Å². The summed E-state index contributed by atoms with van der Waals surface area (Å²) in [6, 6.07) is -0.902. The fourth-order valence-electron chi connectivity index (χ4n) is 2.59. The van der Waals surface area contributed by atoms with Gasteiger partial charge in [-0.3, -0.25) is 4.79 Å². The fraction of sp³-hybridized carbons (Fsp3) is 0.562. The Hall–Kier alpha value is -2.31. The molecule has 0 aliphatic rings. The van der Waals surface area contributed by atoms with Crippen molar-refractivity contribution in [2.75, 3.05) is 28.3 Å². The maximum absolute atomic E-state index is 12.9. The summed E-state index contributed by atoms with van der Waals surface area (Å²) in [5.74, 6) is -0.694. The predicted molar refractivity (Wildman–Crippen MR) is 86.9 cm³/mol. The number of Topliss-reactive ketones (excluding diaryl/α,β-unsaturated/α-hetero) is 1. The number of ether oxygens (including phenoxy) is 1. The molecule has 0 spiro atoms. The second kappa shape index (κ2) is 6.85. The van der Waals surface area contributed by atoms with E-state index in [9.17, 15) is 14.4 Å². The van der Waals surface area contributed by atoms with E-state index in [-0.39, 0.29) is 11.8 Å². The van der Waals surface area contributed by atoms with E-state index in [1.165, 1.54) is 16.9 Å². The lowest BCUT2D eigenvalue weighted by molar-refractivity contribution is 0.0588. The van der Waals surface area contributed by atoms with Crippen molar-refractivity contribution in [2.45, 2.75) is 26.8 Å². The average molecular weight is 323 g/mol. The Balaban J connectivity index is 3.29. The molecule has 0 radical (unpaired) electrons. The predicted octanol–water partition coefficient (Wildman–Crippen LogP) is 1.61. The van der Waals surface area contributed by atoms with Gasteiger partial charge >= 0.3 is 12.0 Å². The number of hydrogen-bond donors (Lipinski definition) is 0. The molecule has 1 aromatic rings. The highest BCUT2D eigenvalue weighted by Crippen LogP contribution is 2.24. The number of aromatic nitrogens is 1. The van der Waals surface area contributed by atoms with Gasteiger partial charge in [0, 0.05) is 39.4 Å². The van der Waals surface area contributed by atoms with E-state index < -0.39 is 12.0 Å². The largest absolute Gasteiger partial charge is 0.464 e. The maximum atomic E-state index is 12.9. The van der Waals surface area contributed by atoms with Crippen LogP contribution in [-0.2, 0) is 11.8 Å². The zero-order valence-corrected chi connectivity index (χ0v) is 15.1. The summed E-state index contributed by atoms with van der Waals surface area (Å²) >= 11 is 0. The Morgan fingerprint density at radius 3 is 2.09 bits per heavy atom. The molecule has 23 heavy (non-hydrogen) atoms. The number of methoxy groups -OCH3 is 1. The lowest BCUT2D eigenvalue weighted by atomic mass is 10.0. The highest BCUT2D eigenvalue weighted by molar-refractivity contribution is 6.06. The first-order valence-corrected chi connectivity index (χ1v) is 7.28. The quantitative estimate of drug-likeness (QED) is 0.623. The van der Waals surface area contributed by atoms with Gasteiger partial charge in [0.1, 0.15) is 5.69 Å². The van der Waals surface area contributed by atoms with Crippen LogP contribution in [0.15, 0.2) is 0 Å². The second-order valence-corrected chi connectivity index (χ2v) is 5.81. The fourth-order valence-corrected chi connectivity index (χ4v) is 2.59. The van der Waals surface area contributed by atoms with E-state index >= 15 is 0 Å². The Labute approximate surface area is 136 Å². The summed E-state index contributed by atoms with van der Waals surface area (Å²) in [6.45, 7) is 5.16. The van der Waals surface area contributed by atoms with Crippen molar-refractivity contribution in [2.24, 2.45) is 7.05 Å². The van der Waals surface area contributed by atoms with Crippen LogP contribution in [0.5, 0.6) is 0 Å². The molecule has 0 saturated carbocycles. The first-order valence-electron chi connectivity index (χ1n) is 7.28. The summed E-state index contributed by atoms with van der Waals surface area (Å²) in [5, 5.41) is 0. The average Bonchev–Trinajstić information content (AvgIpc) is 2.73. The molecule has 0 saturated heterocycles. The van der Waals surface area contributed by atoms with Crippen LogP contribution in [0.1, 0.15) is 39.0 Å². The van der Waals surface area contributed by atoms with Crippen molar-refractivity contribution in [1.29, 1.82) is 0 Å². The molecule has 0 aliphatic carbocycles. The normalized spacial score (nSPS) is 11.8. The lowest BCUT2D eigenvalue weighted by Crippen LogP contribution is -2.45. The second-order valence-electron chi connectivity index (χ2n) is 5.81. The Bertz CT molecular complexity index is 646. The first-order chi connectivity index (χ1) is 10.6. The van der Waals surface area contributed by atoms with Crippen molar-refractivity contribution in [3.8, 4) is 0 Å². The van der Waals surface area contributed by atoms with Gasteiger partial charge in [0.05, 0.1) is 13.2 Å². The topological polar surface area (TPSA) is 71.8 Å². The third-order valence-electron chi connectivity index (χ3n) is 4.20. The third-order valence-corrected chi connectivity index (χ3v) is 4.20. The number of nitrogens with zero attached hydrogens (tertiary/aromatic N) is 3. The van der Waals surface area contributed by atoms with E-state index in [1.54, 1.807) is 53.5 Å². The number of esters is 1. The van der Waals surface area contributed by atoms with Crippen LogP contribution in [-0.4, -0.2) is 66.4 Å². The van der Waals surface area contributed by atoms with Crippen LogP contribution in [0, 0.1) is 13.8 Å². The van der Waals surface area contributed by atoms with Crippen LogP contribution >= 0.6 is 0 Å². The number of carbonyl (C=O) groups is 3. The summed E-state index contributed by atoms with van der Waals surface area (Å²) in [7, 11) is 7.86. The van der Waals surface area contributed by atoms with Crippen molar-refractivity contribution < 1.29 is 19.1 Å². The van der Waals surface area contributed by atoms with Gasteiger partial charge in [0.15, 0.2) is 5.78 Å². The van der Waals surface area contributed by atoms with E-state index in [1.807, 2.05) is 0 Å². The molecule has 0 N–H and O–H groups in total. The molecule has 1 rings (SSSR count). The van der Waals surface area contributed by atoms with E-state index in [0.29, 0.717) is 22.5 Å². The van der Waals surface area contributed by atoms with Crippen molar-refractivity contribution >= 4 is 17.8 Å². The maximum Gasteiger partial charge on any atom is 0.354 e. The van der Waals surface area contributed by atoms with Gasteiger partial charge in [-0.2, -0.15) is 0 Å². The number of likely N-dealkylation sites (N-methyl/N-ethyl adjacent to an activating group) is 1. The van der Waals surface area contributed by atoms with Gasteiger partial charge in [-0.15, -0.1) is 0 Å². The van der Waals surface area contributed by atoms with Crippen LogP contribution in [0.25, 0.3) is 0 Å². The summed E-state index contributed by atoms with van der Waals surface area (Å²) in [5.41, 5.74) is 2.05. The zero-order valence-electron chi connectivity index (χ0n) is 15.1.